The Bertz CT molecular complexity index is 409. The van der Waals surface area contributed by atoms with Crippen LogP contribution in [0.4, 0.5) is 4.39 Å². The molecule has 1 aromatic carbocycles. The third-order valence-electron chi connectivity index (χ3n) is 3.26. The molecular formula is C14H20FNO2. The van der Waals surface area contributed by atoms with Crippen LogP contribution < -0.4 is 10.1 Å². The zero-order valence-corrected chi connectivity index (χ0v) is 10.8. The maximum Gasteiger partial charge on any atom is 0.123 e. The molecule has 1 aliphatic rings. The van der Waals surface area contributed by atoms with Gasteiger partial charge in [-0.05, 0) is 24.1 Å². The van der Waals surface area contributed by atoms with Crippen molar-refractivity contribution >= 4 is 0 Å². The number of nitrogens with one attached hydrogen (secondary N) is 1. The van der Waals surface area contributed by atoms with E-state index in [1.165, 1.54) is 12.1 Å². The SMILES string of the molecule is CC(C)C(O)CNCC1Cc2cc(F)ccc2O1. The number of hydrogen-bond donors (Lipinski definition) is 2. The molecule has 4 heteroatoms. The molecule has 0 bridgehead atoms. The second-order valence-electron chi connectivity index (χ2n) is 5.17. The highest BCUT2D eigenvalue weighted by molar-refractivity contribution is 5.37. The minimum atomic E-state index is -0.341. The first-order chi connectivity index (χ1) is 8.56. The van der Waals surface area contributed by atoms with Crippen molar-refractivity contribution in [3.63, 3.8) is 0 Å². The minimum absolute atomic E-state index is 0.0289. The zero-order chi connectivity index (χ0) is 13.1. The van der Waals surface area contributed by atoms with Crippen molar-refractivity contribution in [2.45, 2.75) is 32.5 Å². The van der Waals surface area contributed by atoms with Crippen LogP contribution in [0.25, 0.3) is 0 Å². The Morgan fingerprint density at radius 2 is 2.28 bits per heavy atom. The lowest BCUT2D eigenvalue weighted by Crippen LogP contribution is -2.36. The van der Waals surface area contributed by atoms with Gasteiger partial charge >= 0.3 is 0 Å². The van der Waals surface area contributed by atoms with Crippen molar-refractivity contribution in [1.29, 1.82) is 0 Å². The average Bonchev–Trinajstić information content (AvgIpc) is 2.70. The van der Waals surface area contributed by atoms with E-state index in [1.54, 1.807) is 6.07 Å². The largest absolute Gasteiger partial charge is 0.488 e. The molecule has 1 aromatic rings. The number of fused-ring (bicyclic) bond motifs is 1. The van der Waals surface area contributed by atoms with Gasteiger partial charge in [0.25, 0.3) is 0 Å². The van der Waals surface area contributed by atoms with Gasteiger partial charge in [0, 0.05) is 25.1 Å². The molecule has 0 saturated carbocycles. The van der Waals surface area contributed by atoms with Gasteiger partial charge in [0.15, 0.2) is 0 Å². The Labute approximate surface area is 107 Å². The molecule has 2 unspecified atom stereocenters. The molecule has 2 N–H and O–H groups in total. The summed E-state index contributed by atoms with van der Waals surface area (Å²) in [4.78, 5) is 0. The van der Waals surface area contributed by atoms with Gasteiger partial charge in [-0.3, -0.25) is 0 Å². The number of hydrogen-bond acceptors (Lipinski definition) is 3. The zero-order valence-electron chi connectivity index (χ0n) is 10.8. The summed E-state index contributed by atoms with van der Waals surface area (Å²) in [7, 11) is 0. The number of aliphatic hydroxyl groups is 1. The smallest absolute Gasteiger partial charge is 0.123 e. The first-order valence-corrected chi connectivity index (χ1v) is 6.40. The van der Waals surface area contributed by atoms with Gasteiger partial charge in [0.05, 0.1) is 6.10 Å². The summed E-state index contributed by atoms with van der Waals surface area (Å²) in [5.74, 6) is 0.794. The van der Waals surface area contributed by atoms with E-state index in [1.807, 2.05) is 13.8 Å². The lowest BCUT2D eigenvalue weighted by molar-refractivity contribution is 0.118. The maximum atomic E-state index is 13.0. The highest BCUT2D eigenvalue weighted by Gasteiger charge is 2.23. The first-order valence-electron chi connectivity index (χ1n) is 6.40. The van der Waals surface area contributed by atoms with Crippen LogP contribution in [-0.2, 0) is 6.42 Å². The number of halogens is 1. The third kappa shape index (κ3) is 3.21. The predicted octanol–water partition coefficient (Wildman–Crippen LogP) is 1.74. The average molecular weight is 253 g/mol. The molecule has 2 atom stereocenters. The lowest BCUT2D eigenvalue weighted by atomic mass is 10.1. The highest BCUT2D eigenvalue weighted by atomic mass is 19.1. The topological polar surface area (TPSA) is 41.5 Å². The van der Waals surface area contributed by atoms with Crippen LogP contribution in [0, 0.1) is 11.7 Å². The Hall–Kier alpha value is -1.13. The van der Waals surface area contributed by atoms with E-state index >= 15 is 0 Å². The molecule has 3 nitrogen and oxygen atoms in total. The monoisotopic (exact) mass is 253 g/mol. The Kier molecular flexibility index (Phi) is 4.19. The summed E-state index contributed by atoms with van der Waals surface area (Å²) in [5, 5.41) is 12.8. The normalized spacial score (nSPS) is 19.7. The molecule has 1 heterocycles. The minimum Gasteiger partial charge on any atom is -0.488 e. The van der Waals surface area contributed by atoms with E-state index in [0.29, 0.717) is 13.1 Å². The third-order valence-corrected chi connectivity index (χ3v) is 3.26. The molecule has 1 aliphatic heterocycles. The molecule has 0 aromatic heterocycles. The van der Waals surface area contributed by atoms with Gasteiger partial charge in [-0.15, -0.1) is 0 Å². The van der Waals surface area contributed by atoms with E-state index in [-0.39, 0.29) is 23.9 Å². The van der Waals surface area contributed by atoms with Crippen LogP contribution in [-0.4, -0.2) is 30.4 Å². The number of benzene rings is 1. The molecule has 0 radical (unpaired) electrons. The Balaban J connectivity index is 1.78. The van der Waals surface area contributed by atoms with Gasteiger partial charge in [-0.1, -0.05) is 13.8 Å². The van der Waals surface area contributed by atoms with Gasteiger partial charge < -0.3 is 15.2 Å². The molecular weight excluding hydrogens is 233 g/mol. The lowest BCUT2D eigenvalue weighted by Gasteiger charge is -2.17. The molecule has 2 rings (SSSR count). The van der Waals surface area contributed by atoms with Gasteiger partial charge in [0.2, 0.25) is 0 Å². The fourth-order valence-electron chi connectivity index (χ4n) is 2.03. The van der Waals surface area contributed by atoms with Crippen LogP contribution in [0.3, 0.4) is 0 Å². The van der Waals surface area contributed by atoms with Crippen molar-refractivity contribution < 1.29 is 14.2 Å². The van der Waals surface area contributed by atoms with Gasteiger partial charge in [0.1, 0.15) is 17.7 Å². The number of rotatable bonds is 5. The number of ether oxygens (including phenoxy) is 1. The summed E-state index contributed by atoms with van der Waals surface area (Å²) in [6, 6.07) is 4.61. The second kappa shape index (κ2) is 5.67. The molecule has 0 aliphatic carbocycles. The van der Waals surface area contributed by atoms with Crippen LogP contribution >= 0.6 is 0 Å². The standard InChI is InChI=1S/C14H20FNO2/c1-9(2)13(17)8-16-7-12-6-10-5-11(15)3-4-14(10)18-12/h3-5,9,12-13,16-17H,6-8H2,1-2H3. The van der Waals surface area contributed by atoms with Crippen molar-refractivity contribution in [2.75, 3.05) is 13.1 Å². The van der Waals surface area contributed by atoms with E-state index in [2.05, 4.69) is 5.32 Å². The van der Waals surface area contributed by atoms with Crippen molar-refractivity contribution in [1.82, 2.24) is 5.32 Å². The summed E-state index contributed by atoms with van der Waals surface area (Å²) in [6.07, 6.45) is 0.407. The van der Waals surface area contributed by atoms with E-state index < -0.39 is 0 Å². The fourth-order valence-corrected chi connectivity index (χ4v) is 2.03. The second-order valence-corrected chi connectivity index (χ2v) is 5.17. The maximum absolute atomic E-state index is 13.0. The van der Waals surface area contributed by atoms with Gasteiger partial charge in [-0.25, -0.2) is 4.39 Å². The van der Waals surface area contributed by atoms with Crippen LogP contribution in [0.5, 0.6) is 5.75 Å². The molecule has 0 fully saturated rings. The summed E-state index contributed by atoms with van der Waals surface area (Å²) < 4.78 is 18.7. The van der Waals surface area contributed by atoms with Crippen LogP contribution in [0.1, 0.15) is 19.4 Å². The molecule has 18 heavy (non-hydrogen) atoms. The highest BCUT2D eigenvalue weighted by Crippen LogP contribution is 2.28. The first kappa shape index (κ1) is 13.3. The van der Waals surface area contributed by atoms with Crippen molar-refractivity contribution in [2.24, 2.45) is 5.92 Å². The quantitative estimate of drug-likeness (QED) is 0.840. The number of aliphatic hydroxyl groups excluding tert-OH is 1. The van der Waals surface area contributed by atoms with Crippen LogP contribution in [0.15, 0.2) is 18.2 Å². The van der Waals surface area contributed by atoms with Crippen molar-refractivity contribution in [3.05, 3.63) is 29.6 Å². The molecule has 0 amide bonds. The van der Waals surface area contributed by atoms with E-state index in [9.17, 15) is 9.50 Å². The summed E-state index contributed by atoms with van der Waals surface area (Å²) in [5.41, 5.74) is 0.922. The van der Waals surface area contributed by atoms with Crippen molar-refractivity contribution in [3.8, 4) is 5.75 Å². The van der Waals surface area contributed by atoms with E-state index in [4.69, 9.17) is 4.74 Å². The molecule has 100 valence electrons. The van der Waals surface area contributed by atoms with Crippen LogP contribution in [0.2, 0.25) is 0 Å². The predicted molar refractivity (Wildman–Crippen MR) is 68.2 cm³/mol. The molecule has 0 saturated heterocycles. The van der Waals surface area contributed by atoms with Gasteiger partial charge in [-0.2, -0.15) is 0 Å². The molecule has 0 spiro atoms. The summed E-state index contributed by atoms with van der Waals surface area (Å²) in [6.45, 7) is 5.19. The Morgan fingerprint density at radius 1 is 1.50 bits per heavy atom. The Morgan fingerprint density at radius 3 is 3.00 bits per heavy atom. The van der Waals surface area contributed by atoms with E-state index in [0.717, 1.165) is 17.7 Å². The fraction of sp³-hybridized carbons (Fsp3) is 0.571. The summed E-state index contributed by atoms with van der Waals surface area (Å²) >= 11 is 0.